The van der Waals surface area contributed by atoms with Crippen LogP contribution in [0.4, 0.5) is 20.0 Å². The van der Waals surface area contributed by atoms with E-state index in [1.54, 1.807) is 17.8 Å². The molecule has 0 spiro atoms. The molecule has 0 saturated heterocycles. The van der Waals surface area contributed by atoms with Crippen molar-refractivity contribution in [3.8, 4) is 0 Å². The van der Waals surface area contributed by atoms with Gasteiger partial charge in [-0.05, 0) is 42.0 Å². The lowest BCUT2D eigenvalue weighted by atomic mass is 10.2. The average Bonchev–Trinajstić information content (AvgIpc) is 3.09. The molecule has 0 atom stereocenters. The number of amides is 3. The summed E-state index contributed by atoms with van der Waals surface area (Å²) in [6.07, 6.45) is 3.44. The number of carbonyl (C=O) groups is 2. The third kappa shape index (κ3) is 5.86. The van der Waals surface area contributed by atoms with E-state index in [0.717, 1.165) is 5.56 Å². The maximum Gasteiger partial charge on any atom is 0.325 e. The monoisotopic (exact) mass is 385 g/mol. The van der Waals surface area contributed by atoms with Gasteiger partial charge in [-0.2, -0.15) is 0 Å². The lowest BCUT2D eigenvalue weighted by molar-refractivity contribution is -0.120. The van der Waals surface area contributed by atoms with Crippen molar-refractivity contribution < 1.29 is 14.0 Å². The zero-order chi connectivity index (χ0) is 19.1. The van der Waals surface area contributed by atoms with Crippen LogP contribution >= 0.6 is 11.3 Å². The maximum absolute atomic E-state index is 12.9. The summed E-state index contributed by atoms with van der Waals surface area (Å²) in [4.78, 5) is 32.1. The summed E-state index contributed by atoms with van der Waals surface area (Å²) in [5.41, 5.74) is 1.97. The molecule has 0 saturated carbocycles. The molecule has 2 aromatic heterocycles. The normalized spacial score (nSPS) is 10.3. The van der Waals surface area contributed by atoms with Crippen LogP contribution in [0.25, 0.3) is 0 Å². The summed E-state index contributed by atoms with van der Waals surface area (Å²) >= 11 is 1.22. The number of benzene rings is 1. The Kier molecular flexibility index (Phi) is 6.06. The second kappa shape index (κ2) is 8.86. The minimum Gasteiger partial charge on any atom is -0.352 e. The molecule has 7 nitrogen and oxygen atoms in total. The number of urea groups is 1. The number of halogens is 1. The Morgan fingerprint density at radius 3 is 2.52 bits per heavy atom. The van der Waals surface area contributed by atoms with Crippen LogP contribution in [-0.2, 0) is 17.8 Å². The molecule has 0 aliphatic carbocycles. The number of thiazole rings is 1. The second-order valence-corrected chi connectivity index (χ2v) is 6.40. The van der Waals surface area contributed by atoms with Crippen LogP contribution in [0.1, 0.15) is 11.3 Å². The van der Waals surface area contributed by atoms with Crippen LogP contribution in [-0.4, -0.2) is 21.9 Å². The number of pyridine rings is 1. The van der Waals surface area contributed by atoms with Gasteiger partial charge >= 0.3 is 6.03 Å². The summed E-state index contributed by atoms with van der Waals surface area (Å²) in [6, 6.07) is 8.56. The highest BCUT2D eigenvalue weighted by Crippen LogP contribution is 2.16. The molecule has 0 aliphatic rings. The highest BCUT2D eigenvalue weighted by molar-refractivity contribution is 7.14. The Labute approximate surface area is 158 Å². The third-order valence-corrected chi connectivity index (χ3v) is 4.26. The van der Waals surface area contributed by atoms with Crippen molar-refractivity contribution >= 4 is 34.1 Å². The van der Waals surface area contributed by atoms with Gasteiger partial charge < -0.3 is 10.6 Å². The Hall–Kier alpha value is -3.33. The maximum atomic E-state index is 12.9. The lowest BCUT2D eigenvalue weighted by Gasteiger charge is -2.05. The minimum absolute atomic E-state index is 0.114. The summed E-state index contributed by atoms with van der Waals surface area (Å²) in [5.74, 6) is -0.549. The molecule has 27 heavy (non-hydrogen) atoms. The van der Waals surface area contributed by atoms with Crippen LogP contribution in [0, 0.1) is 5.82 Å². The van der Waals surface area contributed by atoms with Crippen LogP contribution in [0.5, 0.6) is 0 Å². The highest BCUT2D eigenvalue weighted by Gasteiger charge is 2.10. The predicted molar refractivity (Wildman–Crippen MR) is 101 cm³/mol. The molecule has 0 radical (unpaired) electrons. The zero-order valence-electron chi connectivity index (χ0n) is 14.1. The summed E-state index contributed by atoms with van der Waals surface area (Å²) < 4.78 is 12.9. The highest BCUT2D eigenvalue weighted by atomic mass is 32.1. The lowest BCUT2D eigenvalue weighted by Crippen LogP contribution is -2.24. The van der Waals surface area contributed by atoms with Crippen molar-refractivity contribution in [3.05, 3.63) is 71.2 Å². The van der Waals surface area contributed by atoms with E-state index in [0.29, 0.717) is 23.1 Å². The number of anilines is 2. The summed E-state index contributed by atoms with van der Waals surface area (Å²) in [6.45, 7) is 0.413. The number of hydrogen-bond donors (Lipinski definition) is 3. The van der Waals surface area contributed by atoms with Gasteiger partial charge in [0.05, 0.1) is 12.1 Å². The topological polar surface area (TPSA) is 96.0 Å². The van der Waals surface area contributed by atoms with Gasteiger partial charge in [-0.3, -0.25) is 15.1 Å². The number of carbonyl (C=O) groups excluding carboxylic acids is 2. The van der Waals surface area contributed by atoms with Gasteiger partial charge in [0.1, 0.15) is 5.82 Å². The van der Waals surface area contributed by atoms with Gasteiger partial charge in [0.25, 0.3) is 0 Å². The third-order valence-electron chi connectivity index (χ3n) is 3.46. The minimum atomic E-state index is -0.496. The molecule has 0 unspecified atom stereocenters. The molecule has 0 bridgehead atoms. The number of hydrogen-bond acceptors (Lipinski definition) is 5. The van der Waals surface area contributed by atoms with E-state index < -0.39 is 6.03 Å². The number of nitrogens with zero attached hydrogens (tertiary/aromatic N) is 2. The van der Waals surface area contributed by atoms with E-state index in [1.807, 2.05) is 12.1 Å². The fourth-order valence-electron chi connectivity index (χ4n) is 2.17. The van der Waals surface area contributed by atoms with E-state index in [2.05, 4.69) is 25.9 Å². The van der Waals surface area contributed by atoms with Gasteiger partial charge in [-0.15, -0.1) is 11.3 Å². The molecule has 3 N–H and O–H groups in total. The van der Waals surface area contributed by atoms with E-state index in [-0.39, 0.29) is 18.1 Å². The molecular weight excluding hydrogens is 369 g/mol. The molecule has 0 aliphatic heterocycles. The fraction of sp³-hybridized carbons (Fsp3) is 0.111. The van der Waals surface area contributed by atoms with E-state index >= 15 is 0 Å². The van der Waals surface area contributed by atoms with Crippen molar-refractivity contribution in [2.24, 2.45) is 0 Å². The molecule has 2 heterocycles. The predicted octanol–water partition coefficient (Wildman–Crippen LogP) is 3.18. The van der Waals surface area contributed by atoms with Crippen molar-refractivity contribution in [2.45, 2.75) is 13.0 Å². The van der Waals surface area contributed by atoms with E-state index in [1.165, 1.54) is 35.6 Å². The first-order valence-corrected chi connectivity index (χ1v) is 8.90. The largest absolute Gasteiger partial charge is 0.352 e. The Morgan fingerprint density at radius 1 is 1.04 bits per heavy atom. The molecular formula is C18H16FN5O2S. The van der Waals surface area contributed by atoms with Gasteiger partial charge in [-0.1, -0.05) is 0 Å². The van der Waals surface area contributed by atoms with Crippen LogP contribution in [0.2, 0.25) is 0 Å². The van der Waals surface area contributed by atoms with Gasteiger partial charge in [-0.25, -0.2) is 14.2 Å². The van der Waals surface area contributed by atoms with Crippen molar-refractivity contribution in [2.75, 3.05) is 10.6 Å². The van der Waals surface area contributed by atoms with Gasteiger partial charge in [0.2, 0.25) is 5.91 Å². The number of rotatable bonds is 6. The smallest absolute Gasteiger partial charge is 0.325 e. The molecule has 138 valence electrons. The summed E-state index contributed by atoms with van der Waals surface area (Å²) in [5, 5.41) is 10.0. The molecule has 3 rings (SSSR count). The van der Waals surface area contributed by atoms with Crippen LogP contribution in [0.3, 0.4) is 0 Å². The molecule has 0 fully saturated rings. The van der Waals surface area contributed by atoms with Gasteiger partial charge in [0, 0.05) is 30.0 Å². The second-order valence-electron chi connectivity index (χ2n) is 5.54. The molecule has 3 aromatic rings. The van der Waals surface area contributed by atoms with Gasteiger partial charge in [0.15, 0.2) is 5.13 Å². The number of aromatic nitrogens is 2. The van der Waals surface area contributed by atoms with Crippen LogP contribution in [0.15, 0.2) is 54.2 Å². The van der Waals surface area contributed by atoms with Crippen LogP contribution < -0.4 is 16.0 Å². The van der Waals surface area contributed by atoms with E-state index in [4.69, 9.17) is 0 Å². The first-order chi connectivity index (χ1) is 13.1. The summed E-state index contributed by atoms with van der Waals surface area (Å²) in [7, 11) is 0. The first kappa shape index (κ1) is 18.5. The number of nitrogens with one attached hydrogen (secondary N) is 3. The first-order valence-electron chi connectivity index (χ1n) is 8.02. The molecule has 3 amide bonds. The van der Waals surface area contributed by atoms with Crippen molar-refractivity contribution in [3.63, 3.8) is 0 Å². The SMILES string of the molecule is O=C(Cc1csc(NC(=O)Nc2ccc(F)cc2)n1)NCc1ccncc1. The van der Waals surface area contributed by atoms with E-state index in [9.17, 15) is 14.0 Å². The quantitative estimate of drug-likeness (QED) is 0.607. The molecule has 9 heteroatoms. The Morgan fingerprint density at radius 2 is 1.78 bits per heavy atom. The van der Waals surface area contributed by atoms with Crippen molar-refractivity contribution in [1.82, 2.24) is 15.3 Å². The average molecular weight is 385 g/mol. The Balaban J connectivity index is 1.46. The molecule has 1 aromatic carbocycles. The fourth-order valence-corrected chi connectivity index (χ4v) is 2.87. The standard InChI is InChI=1S/C18H16FN5O2S/c19-13-1-3-14(4-2-13)22-17(26)24-18-23-15(11-27-18)9-16(25)21-10-12-5-7-20-8-6-12/h1-8,11H,9-10H2,(H,21,25)(H2,22,23,24,26). The van der Waals surface area contributed by atoms with Crippen molar-refractivity contribution in [1.29, 1.82) is 0 Å². The Bertz CT molecular complexity index is 915. The zero-order valence-corrected chi connectivity index (χ0v) is 14.9.